The van der Waals surface area contributed by atoms with Crippen molar-refractivity contribution in [3.05, 3.63) is 0 Å². The first-order valence-electron chi connectivity index (χ1n) is 5.86. The molecule has 0 aliphatic heterocycles. The molecule has 0 rings (SSSR count). The monoisotopic (exact) mass is 216 g/mol. The van der Waals surface area contributed by atoms with Crippen LogP contribution in [0.2, 0.25) is 0 Å². The van der Waals surface area contributed by atoms with Crippen molar-refractivity contribution in [2.75, 3.05) is 32.8 Å². The highest BCUT2D eigenvalue weighted by Crippen LogP contribution is 1.91. The summed E-state index contributed by atoms with van der Waals surface area (Å²) in [6, 6.07) is 0.0191. The van der Waals surface area contributed by atoms with Gasteiger partial charge in [0.05, 0.1) is 6.61 Å². The van der Waals surface area contributed by atoms with Crippen LogP contribution in [0.15, 0.2) is 0 Å². The van der Waals surface area contributed by atoms with Crippen LogP contribution >= 0.6 is 0 Å². The summed E-state index contributed by atoms with van der Waals surface area (Å²) in [5.41, 5.74) is 0. The Kier molecular flexibility index (Phi) is 9.27. The first-order chi connectivity index (χ1) is 7.26. The number of unbranched alkanes of at least 4 members (excludes halogenated alkanes) is 1. The van der Waals surface area contributed by atoms with E-state index < -0.39 is 0 Å². The molecule has 0 bridgehead atoms. The molecule has 0 aromatic rings. The maximum absolute atomic E-state index is 11.6. The molecule has 0 aliphatic rings. The summed E-state index contributed by atoms with van der Waals surface area (Å²) in [6.07, 6.45) is 2.14. The Hall–Kier alpha value is -0.770. The number of ether oxygens (including phenoxy) is 1. The van der Waals surface area contributed by atoms with Crippen LogP contribution in [-0.4, -0.2) is 43.8 Å². The highest BCUT2D eigenvalue weighted by Gasteiger charge is 2.09. The zero-order valence-corrected chi connectivity index (χ0v) is 10.2. The van der Waals surface area contributed by atoms with Gasteiger partial charge in [0.1, 0.15) is 0 Å². The molecular formula is C11H24N2O2. The second-order valence-electron chi connectivity index (χ2n) is 3.36. The molecule has 90 valence electrons. The second kappa shape index (κ2) is 9.77. The summed E-state index contributed by atoms with van der Waals surface area (Å²) in [6.45, 7) is 9.52. The first kappa shape index (κ1) is 14.2. The molecule has 0 aromatic heterocycles. The van der Waals surface area contributed by atoms with Crippen molar-refractivity contribution >= 4 is 6.03 Å². The lowest BCUT2D eigenvalue weighted by Crippen LogP contribution is -2.41. The fourth-order valence-corrected chi connectivity index (χ4v) is 1.21. The van der Waals surface area contributed by atoms with Crippen molar-refractivity contribution in [2.45, 2.75) is 33.6 Å². The Morgan fingerprint density at radius 1 is 1.33 bits per heavy atom. The number of amides is 2. The van der Waals surface area contributed by atoms with E-state index in [-0.39, 0.29) is 6.03 Å². The quantitative estimate of drug-likeness (QED) is 0.629. The van der Waals surface area contributed by atoms with Crippen LogP contribution in [0, 0.1) is 0 Å². The van der Waals surface area contributed by atoms with E-state index >= 15 is 0 Å². The number of nitrogens with zero attached hydrogens (tertiary/aromatic N) is 1. The Labute approximate surface area is 93.0 Å². The predicted molar refractivity (Wildman–Crippen MR) is 62.0 cm³/mol. The van der Waals surface area contributed by atoms with Crippen LogP contribution in [0.25, 0.3) is 0 Å². The molecule has 0 spiro atoms. The van der Waals surface area contributed by atoms with Crippen molar-refractivity contribution in [3.63, 3.8) is 0 Å². The summed E-state index contributed by atoms with van der Waals surface area (Å²) in [7, 11) is 0. The minimum atomic E-state index is 0.0191. The maximum Gasteiger partial charge on any atom is 0.317 e. The molecule has 1 N–H and O–H groups in total. The van der Waals surface area contributed by atoms with Gasteiger partial charge in [0.2, 0.25) is 0 Å². The van der Waals surface area contributed by atoms with Crippen LogP contribution in [0.1, 0.15) is 33.6 Å². The van der Waals surface area contributed by atoms with Gasteiger partial charge in [0.15, 0.2) is 0 Å². The highest BCUT2D eigenvalue weighted by atomic mass is 16.5. The minimum absolute atomic E-state index is 0.0191. The zero-order chi connectivity index (χ0) is 11.5. The lowest BCUT2D eigenvalue weighted by Gasteiger charge is -2.21. The van der Waals surface area contributed by atoms with E-state index in [9.17, 15) is 4.79 Å². The number of nitrogens with one attached hydrogen (secondary N) is 1. The summed E-state index contributed by atoms with van der Waals surface area (Å²) in [4.78, 5) is 13.4. The molecule has 2 amide bonds. The number of likely N-dealkylation sites (N-methyl/N-ethyl adjacent to an activating group) is 1. The van der Waals surface area contributed by atoms with Gasteiger partial charge in [-0.05, 0) is 20.3 Å². The van der Waals surface area contributed by atoms with E-state index in [2.05, 4.69) is 12.2 Å². The number of carbonyl (C=O) groups excluding carboxylic acids is 1. The molecule has 0 unspecified atom stereocenters. The number of carbonyl (C=O) groups is 1. The van der Waals surface area contributed by atoms with Gasteiger partial charge in [-0.1, -0.05) is 13.3 Å². The molecule has 0 atom stereocenters. The van der Waals surface area contributed by atoms with E-state index in [4.69, 9.17) is 4.74 Å². The third-order valence-electron chi connectivity index (χ3n) is 2.19. The zero-order valence-electron chi connectivity index (χ0n) is 10.2. The summed E-state index contributed by atoms with van der Waals surface area (Å²) < 4.78 is 5.22. The average molecular weight is 216 g/mol. The third-order valence-corrected chi connectivity index (χ3v) is 2.19. The average Bonchev–Trinajstić information content (AvgIpc) is 2.24. The van der Waals surface area contributed by atoms with Gasteiger partial charge < -0.3 is 15.0 Å². The van der Waals surface area contributed by atoms with Crippen molar-refractivity contribution in [2.24, 2.45) is 0 Å². The fourth-order valence-electron chi connectivity index (χ4n) is 1.21. The molecule has 0 aliphatic carbocycles. The molecule has 0 saturated heterocycles. The Morgan fingerprint density at radius 3 is 2.60 bits per heavy atom. The van der Waals surface area contributed by atoms with Crippen molar-refractivity contribution in [1.82, 2.24) is 10.2 Å². The smallest absolute Gasteiger partial charge is 0.317 e. The van der Waals surface area contributed by atoms with E-state index in [0.29, 0.717) is 19.8 Å². The predicted octanol–water partition coefficient (Wildman–Crippen LogP) is 1.85. The standard InChI is InChI=1S/C11H24N2O2/c1-4-7-8-12-11(14)13(5-2)9-10-15-6-3/h4-10H2,1-3H3,(H,12,14). The van der Waals surface area contributed by atoms with Crippen molar-refractivity contribution < 1.29 is 9.53 Å². The van der Waals surface area contributed by atoms with Crippen LogP contribution in [-0.2, 0) is 4.74 Å². The molecule has 0 heterocycles. The van der Waals surface area contributed by atoms with Gasteiger partial charge >= 0.3 is 6.03 Å². The number of hydrogen-bond acceptors (Lipinski definition) is 2. The Balaban J connectivity index is 3.67. The summed E-state index contributed by atoms with van der Waals surface area (Å²) >= 11 is 0. The molecule has 0 fully saturated rings. The van der Waals surface area contributed by atoms with Gasteiger partial charge in [-0.25, -0.2) is 4.79 Å². The Morgan fingerprint density at radius 2 is 2.07 bits per heavy atom. The van der Waals surface area contributed by atoms with Gasteiger partial charge in [-0.2, -0.15) is 0 Å². The topological polar surface area (TPSA) is 41.6 Å². The number of hydrogen-bond donors (Lipinski definition) is 1. The molecule has 4 heteroatoms. The van der Waals surface area contributed by atoms with E-state index in [1.807, 2.05) is 13.8 Å². The highest BCUT2D eigenvalue weighted by molar-refractivity contribution is 5.74. The van der Waals surface area contributed by atoms with Gasteiger partial charge in [0, 0.05) is 26.2 Å². The van der Waals surface area contributed by atoms with Crippen LogP contribution in [0.4, 0.5) is 4.79 Å². The van der Waals surface area contributed by atoms with Crippen LogP contribution in [0.3, 0.4) is 0 Å². The van der Waals surface area contributed by atoms with Crippen molar-refractivity contribution in [3.8, 4) is 0 Å². The molecule has 15 heavy (non-hydrogen) atoms. The summed E-state index contributed by atoms with van der Waals surface area (Å²) in [5.74, 6) is 0. The molecule has 0 aromatic carbocycles. The van der Waals surface area contributed by atoms with E-state index in [0.717, 1.165) is 25.9 Å². The number of rotatable bonds is 8. The van der Waals surface area contributed by atoms with E-state index in [1.165, 1.54) is 0 Å². The third kappa shape index (κ3) is 7.19. The normalized spacial score (nSPS) is 10.1. The fraction of sp³-hybridized carbons (Fsp3) is 0.909. The Bertz CT molecular complexity index is 163. The lowest BCUT2D eigenvalue weighted by atomic mass is 10.3. The summed E-state index contributed by atoms with van der Waals surface area (Å²) in [5, 5.41) is 2.89. The van der Waals surface area contributed by atoms with Crippen LogP contribution in [0.5, 0.6) is 0 Å². The lowest BCUT2D eigenvalue weighted by molar-refractivity contribution is 0.120. The van der Waals surface area contributed by atoms with Crippen molar-refractivity contribution in [1.29, 1.82) is 0 Å². The minimum Gasteiger partial charge on any atom is -0.380 e. The maximum atomic E-state index is 11.6. The van der Waals surface area contributed by atoms with Gasteiger partial charge in [-0.15, -0.1) is 0 Å². The van der Waals surface area contributed by atoms with Gasteiger partial charge in [0.25, 0.3) is 0 Å². The molecular weight excluding hydrogens is 192 g/mol. The van der Waals surface area contributed by atoms with Gasteiger partial charge in [-0.3, -0.25) is 0 Å². The van der Waals surface area contributed by atoms with Crippen LogP contribution < -0.4 is 5.32 Å². The SMILES string of the molecule is CCCCNC(=O)N(CC)CCOCC. The van der Waals surface area contributed by atoms with E-state index in [1.54, 1.807) is 4.90 Å². The first-order valence-corrected chi connectivity index (χ1v) is 5.86. The number of urea groups is 1. The molecule has 0 radical (unpaired) electrons. The molecule has 4 nitrogen and oxygen atoms in total. The molecule has 0 saturated carbocycles. The second-order valence-corrected chi connectivity index (χ2v) is 3.36. The largest absolute Gasteiger partial charge is 0.380 e.